The topological polar surface area (TPSA) is 92.7 Å². The Hall–Kier alpha value is -3.94. The minimum absolute atomic E-state index is 0.0195. The number of carbonyl (C=O) groups is 2. The van der Waals surface area contributed by atoms with Crippen molar-refractivity contribution in [2.75, 3.05) is 26.2 Å². The molecule has 1 saturated heterocycles. The van der Waals surface area contributed by atoms with Crippen LogP contribution in [0.25, 0.3) is 22.6 Å². The van der Waals surface area contributed by atoms with Crippen LogP contribution in [0.3, 0.4) is 0 Å². The summed E-state index contributed by atoms with van der Waals surface area (Å²) in [6.45, 7) is 3.62. The molecule has 156 valence electrons. The molecule has 4 aromatic rings. The Kier molecular flexibility index (Phi) is 4.74. The number of hydrogen-bond donors (Lipinski definition) is 0. The molecule has 4 heterocycles. The molecule has 1 fully saturated rings. The van der Waals surface area contributed by atoms with Crippen LogP contribution in [0.5, 0.6) is 0 Å². The first-order valence-electron chi connectivity index (χ1n) is 10.1. The van der Waals surface area contributed by atoms with E-state index in [-0.39, 0.29) is 11.8 Å². The lowest BCUT2D eigenvalue weighted by molar-refractivity contribution is 0.0536. The van der Waals surface area contributed by atoms with E-state index < -0.39 is 0 Å². The minimum atomic E-state index is -0.140. The van der Waals surface area contributed by atoms with Crippen molar-refractivity contribution in [3.05, 3.63) is 71.6 Å². The number of hydrogen-bond acceptors (Lipinski definition) is 6. The van der Waals surface area contributed by atoms with Gasteiger partial charge in [0, 0.05) is 31.7 Å². The van der Waals surface area contributed by atoms with Crippen molar-refractivity contribution in [2.45, 2.75) is 6.92 Å². The normalized spacial score (nSPS) is 14.2. The van der Waals surface area contributed by atoms with Crippen molar-refractivity contribution in [3.8, 4) is 11.5 Å². The Labute approximate surface area is 178 Å². The van der Waals surface area contributed by atoms with E-state index in [4.69, 9.17) is 8.94 Å². The van der Waals surface area contributed by atoms with Crippen LogP contribution in [0.1, 0.15) is 26.4 Å². The number of furan rings is 1. The Morgan fingerprint density at radius 1 is 0.935 bits per heavy atom. The highest BCUT2D eigenvalue weighted by Crippen LogP contribution is 2.28. The van der Waals surface area contributed by atoms with Gasteiger partial charge in [-0.1, -0.05) is 23.4 Å². The van der Waals surface area contributed by atoms with E-state index in [1.165, 1.54) is 0 Å². The molecule has 0 bridgehead atoms. The van der Waals surface area contributed by atoms with Crippen molar-refractivity contribution in [1.82, 2.24) is 19.9 Å². The van der Waals surface area contributed by atoms with Crippen molar-refractivity contribution in [3.63, 3.8) is 0 Å². The quantitative estimate of drug-likeness (QED) is 0.508. The smallest absolute Gasteiger partial charge is 0.259 e. The molecule has 5 rings (SSSR count). The molecular formula is C23H20N4O4. The van der Waals surface area contributed by atoms with E-state index in [0.29, 0.717) is 65.6 Å². The van der Waals surface area contributed by atoms with E-state index in [1.807, 2.05) is 18.2 Å². The van der Waals surface area contributed by atoms with Crippen LogP contribution in [0.2, 0.25) is 0 Å². The third-order valence-electron chi connectivity index (χ3n) is 5.50. The molecule has 0 unspecified atom stereocenters. The molecule has 8 heteroatoms. The Balaban J connectivity index is 1.40. The number of benzene rings is 1. The van der Waals surface area contributed by atoms with Crippen LogP contribution in [-0.4, -0.2) is 57.9 Å². The second kappa shape index (κ2) is 7.71. The van der Waals surface area contributed by atoms with Crippen LogP contribution in [-0.2, 0) is 0 Å². The van der Waals surface area contributed by atoms with E-state index in [0.717, 1.165) is 0 Å². The average molecular weight is 416 g/mol. The molecule has 8 nitrogen and oxygen atoms in total. The molecule has 31 heavy (non-hydrogen) atoms. The molecule has 2 amide bonds. The van der Waals surface area contributed by atoms with Crippen LogP contribution >= 0.6 is 0 Å². The highest BCUT2D eigenvalue weighted by atomic mass is 16.5. The number of pyridine rings is 1. The zero-order valence-electron chi connectivity index (χ0n) is 16.9. The zero-order chi connectivity index (χ0) is 21.4. The maximum absolute atomic E-state index is 13.4. The van der Waals surface area contributed by atoms with Gasteiger partial charge < -0.3 is 18.7 Å². The van der Waals surface area contributed by atoms with Gasteiger partial charge >= 0.3 is 0 Å². The monoisotopic (exact) mass is 416 g/mol. The Morgan fingerprint density at radius 2 is 1.65 bits per heavy atom. The summed E-state index contributed by atoms with van der Waals surface area (Å²) in [6.07, 6.45) is 1.55. The molecule has 0 spiro atoms. The van der Waals surface area contributed by atoms with Crippen LogP contribution in [0.4, 0.5) is 0 Å². The van der Waals surface area contributed by atoms with Gasteiger partial charge in [0.1, 0.15) is 5.69 Å². The lowest BCUT2D eigenvalue weighted by Crippen LogP contribution is -2.50. The fraction of sp³-hybridized carbons (Fsp3) is 0.217. The molecule has 1 aliphatic rings. The number of piperazine rings is 1. The summed E-state index contributed by atoms with van der Waals surface area (Å²) in [6, 6.07) is 14.4. The number of rotatable bonds is 3. The van der Waals surface area contributed by atoms with Crippen molar-refractivity contribution in [2.24, 2.45) is 0 Å². The summed E-state index contributed by atoms with van der Waals surface area (Å²) in [5, 5.41) is 4.58. The highest BCUT2D eigenvalue weighted by Gasteiger charge is 2.28. The van der Waals surface area contributed by atoms with Crippen LogP contribution in [0, 0.1) is 6.92 Å². The summed E-state index contributed by atoms with van der Waals surface area (Å²) in [7, 11) is 0. The molecule has 0 atom stereocenters. The molecule has 0 saturated carbocycles. The van der Waals surface area contributed by atoms with Crippen molar-refractivity contribution < 1.29 is 18.5 Å². The fourth-order valence-corrected chi connectivity index (χ4v) is 3.86. The van der Waals surface area contributed by atoms with E-state index in [1.54, 1.807) is 53.3 Å². The first kappa shape index (κ1) is 19.0. The lowest BCUT2D eigenvalue weighted by atomic mass is 10.1. The Morgan fingerprint density at radius 3 is 2.32 bits per heavy atom. The standard InChI is InChI=1S/C23H20N4O4/c1-15-20-17(14-18(19-8-5-13-30-19)24-21(20)31-25-15)23(29)27-11-9-26(10-12-27)22(28)16-6-3-2-4-7-16/h2-8,13-14H,9-12H2,1H3. The maximum Gasteiger partial charge on any atom is 0.259 e. The molecule has 0 aliphatic carbocycles. The average Bonchev–Trinajstić information content (AvgIpc) is 3.49. The second-order valence-electron chi connectivity index (χ2n) is 7.43. The van der Waals surface area contributed by atoms with E-state index in [2.05, 4.69) is 10.1 Å². The minimum Gasteiger partial charge on any atom is -0.463 e. The fourth-order valence-electron chi connectivity index (χ4n) is 3.86. The predicted molar refractivity (Wildman–Crippen MR) is 112 cm³/mol. The van der Waals surface area contributed by atoms with Crippen molar-refractivity contribution in [1.29, 1.82) is 0 Å². The first-order chi connectivity index (χ1) is 15.1. The number of aromatic nitrogens is 2. The predicted octanol–water partition coefficient (Wildman–Crippen LogP) is 3.39. The van der Waals surface area contributed by atoms with E-state index in [9.17, 15) is 9.59 Å². The third kappa shape index (κ3) is 3.46. The third-order valence-corrected chi connectivity index (χ3v) is 5.50. The molecule has 1 aromatic carbocycles. The van der Waals surface area contributed by atoms with Gasteiger partial charge in [-0.3, -0.25) is 9.59 Å². The van der Waals surface area contributed by atoms with E-state index >= 15 is 0 Å². The Bertz CT molecular complexity index is 1240. The summed E-state index contributed by atoms with van der Waals surface area (Å²) >= 11 is 0. The first-order valence-corrected chi connectivity index (χ1v) is 10.1. The van der Waals surface area contributed by atoms with Gasteiger partial charge in [0.05, 0.1) is 22.9 Å². The number of aryl methyl sites for hydroxylation is 1. The van der Waals surface area contributed by atoms with Gasteiger partial charge in [0.15, 0.2) is 5.76 Å². The van der Waals surface area contributed by atoms with Gasteiger partial charge in [-0.15, -0.1) is 0 Å². The van der Waals surface area contributed by atoms with Gasteiger partial charge in [-0.05, 0) is 37.3 Å². The highest BCUT2D eigenvalue weighted by molar-refractivity contribution is 6.07. The molecule has 0 radical (unpaired) electrons. The van der Waals surface area contributed by atoms with Gasteiger partial charge in [-0.25, -0.2) is 4.98 Å². The number of fused-ring (bicyclic) bond motifs is 1. The van der Waals surface area contributed by atoms with Gasteiger partial charge in [-0.2, -0.15) is 0 Å². The lowest BCUT2D eigenvalue weighted by Gasteiger charge is -2.35. The van der Waals surface area contributed by atoms with Crippen LogP contribution < -0.4 is 0 Å². The van der Waals surface area contributed by atoms with Gasteiger partial charge in [0.2, 0.25) is 0 Å². The SMILES string of the molecule is Cc1noc2nc(-c3ccco3)cc(C(=O)N3CCN(C(=O)c4ccccc4)CC3)c12. The zero-order valence-corrected chi connectivity index (χ0v) is 16.9. The van der Waals surface area contributed by atoms with Gasteiger partial charge in [0.25, 0.3) is 17.5 Å². The van der Waals surface area contributed by atoms with Crippen LogP contribution in [0.15, 0.2) is 63.7 Å². The number of nitrogens with zero attached hydrogens (tertiary/aromatic N) is 4. The summed E-state index contributed by atoms with van der Waals surface area (Å²) < 4.78 is 10.8. The second-order valence-corrected chi connectivity index (χ2v) is 7.43. The summed E-state index contributed by atoms with van der Waals surface area (Å²) in [5.74, 6) is 0.385. The number of carbonyl (C=O) groups excluding carboxylic acids is 2. The summed E-state index contributed by atoms with van der Waals surface area (Å²) in [4.78, 5) is 34.1. The molecule has 0 N–H and O–H groups in total. The van der Waals surface area contributed by atoms with Crippen molar-refractivity contribution >= 4 is 22.9 Å². The molecule has 3 aromatic heterocycles. The molecular weight excluding hydrogens is 396 g/mol. The maximum atomic E-state index is 13.4. The number of amides is 2. The largest absolute Gasteiger partial charge is 0.463 e. The summed E-state index contributed by atoms with van der Waals surface area (Å²) in [5.41, 5.74) is 2.54. The molecule has 1 aliphatic heterocycles.